The van der Waals surface area contributed by atoms with Crippen LogP contribution in [0.2, 0.25) is 0 Å². The van der Waals surface area contributed by atoms with Crippen LogP contribution in [0, 0.1) is 0 Å². The Morgan fingerprint density at radius 2 is 2.31 bits per heavy atom. The molecule has 0 radical (unpaired) electrons. The predicted octanol–water partition coefficient (Wildman–Crippen LogP) is 1.41. The Hall–Kier alpha value is -2.11. The molecule has 144 valence electrons. The molecular weight excluding hydrogens is 364 g/mol. The number of amides is 2. The minimum Gasteiger partial charge on any atom is -0.389 e. The molecule has 2 atom stereocenters. The number of nitrogens with zero attached hydrogens (tertiary/aromatic N) is 3. The molecule has 10 nitrogen and oxygen atoms in total. The number of hydrogen-bond donors (Lipinski definition) is 2. The summed E-state index contributed by atoms with van der Waals surface area (Å²) in [4.78, 5) is 13.9. The average Bonchev–Trinajstić information content (AvgIpc) is 3.11. The van der Waals surface area contributed by atoms with Gasteiger partial charge in [-0.25, -0.2) is 4.79 Å². The van der Waals surface area contributed by atoms with E-state index >= 15 is 0 Å². The van der Waals surface area contributed by atoms with Gasteiger partial charge in [-0.3, -0.25) is 4.55 Å². The summed E-state index contributed by atoms with van der Waals surface area (Å²) in [5, 5.41) is 7.93. The molecular formula is C15H22N4O6S. The van der Waals surface area contributed by atoms with E-state index in [0.29, 0.717) is 31.5 Å². The normalized spacial score (nSPS) is 22.8. The lowest BCUT2D eigenvalue weighted by molar-refractivity contribution is -0.0317. The summed E-state index contributed by atoms with van der Waals surface area (Å²) in [6.07, 6.45) is 2.69. The summed E-state index contributed by atoms with van der Waals surface area (Å²) in [6, 6.07) is 0.496. The van der Waals surface area contributed by atoms with Crippen molar-refractivity contribution in [3.8, 4) is 0 Å². The van der Waals surface area contributed by atoms with Crippen LogP contribution in [0.25, 0.3) is 0 Å². The zero-order valence-corrected chi connectivity index (χ0v) is 15.2. The first-order valence-corrected chi connectivity index (χ1v) is 9.73. The van der Waals surface area contributed by atoms with Crippen LogP contribution < -0.4 is 5.32 Å². The van der Waals surface area contributed by atoms with Crippen molar-refractivity contribution in [1.29, 1.82) is 0 Å². The molecule has 0 aromatic carbocycles. The van der Waals surface area contributed by atoms with Gasteiger partial charge in [0.15, 0.2) is 0 Å². The number of hydroxylamine groups is 2. The van der Waals surface area contributed by atoms with E-state index in [1.165, 1.54) is 4.90 Å². The van der Waals surface area contributed by atoms with Crippen LogP contribution in [0.4, 0.5) is 4.79 Å². The van der Waals surface area contributed by atoms with Crippen molar-refractivity contribution in [3.63, 3.8) is 0 Å². The van der Waals surface area contributed by atoms with Crippen molar-refractivity contribution in [3.05, 3.63) is 29.8 Å². The fourth-order valence-electron chi connectivity index (χ4n) is 3.31. The van der Waals surface area contributed by atoms with E-state index in [1.54, 1.807) is 0 Å². The number of aryl methyl sites for hydroxylation is 1. The number of hydrogen-bond acceptors (Lipinski definition) is 7. The Labute approximate surface area is 151 Å². The largest absolute Gasteiger partial charge is 0.418 e. The fourth-order valence-corrected chi connectivity index (χ4v) is 3.70. The number of fused-ring (bicyclic) bond motifs is 2. The monoisotopic (exact) mass is 386 g/mol. The number of urea groups is 1. The highest BCUT2D eigenvalue weighted by atomic mass is 32.3. The van der Waals surface area contributed by atoms with E-state index in [2.05, 4.69) is 21.3 Å². The zero-order chi connectivity index (χ0) is 18.9. The number of carbonyl (C=O) groups is 1. The number of aromatic nitrogens is 1. The quantitative estimate of drug-likeness (QED) is 0.507. The maximum absolute atomic E-state index is 12.4. The van der Waals surface area contributed by atoms with E-state index in [0.717, 1.165) is 29.5 Å². The molecule has 2 aliphatic rings. The third-order valence-electron chi connectivity index (χ3n) is 4.44. The summed E-state index contributed by atoms with van der Waals surface area (Å²) in [5.74, 6) is 0.725. The predicted molar refractivity (Wildman–Crippen MR) is 90.0 cm³/mol. The second kappa shape index (κ2) is 7.25. The van der Waals surface area contributed by atoms with Crippen molar-refractivity contribution in [2.75, 3.05) is 13.1 Å². The maximum Gasteiger partial charge on any atom is 0.418 e. The molecule has 2 N–H and O–H groups in total. The highest BCUT2D eigenvalue weighted by molar-refractivity contribution is 7.80. The van der Waals surface area contributed by atoms with Gasteiger partial charge in [0.2, 0.25) is 0 Å². The summed E-state index contributed by atoms with van der Waals surface area (Å²) in [6.45, 7) is 6.75. The zero-order valence-electron chi connectivity index (χ0n) is 14.4. The molecule has 0 saturated carbocycles. The maximum atomic E-state index is 12.4. The van der Waals surface area contributed by atoms with Crippen LogP contribution in [-0.2, 0) is 21.1 Å². The van der Waals surface area contributed by atoms with Crippen molar-refractivity contribution in [2.24, 2.45) is 0 Å². The van der Waals surface area contributed by atoms with Crippen molar-refractivity contribution in [1.82, 2.24) is 20.4 Å². The smallest absolute Gasteiger partial charge is 0.389 e. The van der Waals surface area contributed by atoms with Crippen LogP contribution in [-0.4, -0.2) is 53.3 Å². The van der Waals surface area contributed by atoms with Gasteiger partial charge in [0.1, 0.15) is 11.5 Å². The van der Waals surface area contributed by atoms with Crippen LogP contribution in [0.15, 0.2) is 22.9 Å². The molecule has 0 spiro atoms. The lowest BCUT2D eigenvalue weighted by atomic mass is 9.98. The van der Waals surface area contributed by atoms with Gasteiger partial charge >= 0.3 is 16.4 Å². The number of rotatable bonds is 8. The number of allylic oxidation sites excluding steroid dienone is 1. The molecule has 1 aromatic heterocycles. The van der Waals surface area contributed by atoms with Gasteiger partial charge in [-0.2, -0.15) is 13.5 Å². The Balaban J connectivity index is 1.63. The topological polar surface area (TPSA) is 125 Å². The van der Waals surface area contributed by atoms with Crippen LogP contribution in [0.1, 0.15) is 43.7 Å². The van der Waals surface area contributed by atoms with Crippen molar-refractivity contribution >= 4 is 16.4 Å². The molecule has 3 rings (SSSR count). The molecule has 0 unspecified atom stereocenters. The summed E-state index contributed by atoms with van der Waals surface area (Å²) in [5.41, 5.74) is 1.54. The van der Waals surface area contributed by atoms with E-state index in [1.807, 2.05) is 13.0 Å². The number of nitrogens with one attached hydrogen (secondary N) is 1. The minimum absolute atomic E-state index is 0.306. The van der Waals surface area contributed by atoms with E-state index in [9.17, 15) is 13.2 Å². The molecule has 2 aliphatic heterocycles. The minimum atomic E-state index is -4.74. The molecule has 2 fully saturated rings. The highest BCUT2D eigenvalue weighted by Gasteiger charge is 2.48. The highest BCUT2D eigenvalue weighted by Crippen LogP contribution is 2.38. The van der Waals surface area contributed by atoms with Gasteiger partial charge in [-0.1, -0.05) is 11.7 Å². The Kier molecular flexibility index (Phi) is 5.21. The first-order chi connectivity index (χ1) is 12.2. The summed E-state index contributed by atoms with van der Waals surface area (Å²) >= 11 is 0. The molecule has 3 heterocycles. The van der Waals surface area contributed by atoms with Gasteiger partial charge in [0.25, 0.3) is 0 Å². The third-order valence-corrected chi connectivity index (χ3v) is 4.79. The van der Waals surface area contributed by atoms with Gasteiger partial charge in [0, 0.05) is 31.3 Å². The van der Waals surface area contributed by atoms with Gasteiger partial charge < -0.3 is 14.7 Å². The van der Waals surface area contributed by atoms with Crippen LogP contribution in [0.3, 0.4) is 0 Å². The molecule has 26 heavy (non-hydrogen) atoms. The van der Waals surface area contributed by atoms with Gasteiger partial charge in [-0.05, 0) is 26.2 Å². The first kappa shape index (κ1) is 18.7. The standard InChI is InChI=1S/C15H22N4O6S/c1-10(2)16-7-3-4-12-8-13(17-24-12)14-6-5-11-9-18(14)15(20)19(11)25-26(21,22)23/h8,11,14,16H,1,3-7,9H2,2H3,(H,21,22,23)/t11-,14+/m1/s1. The molecule has 11 heteroatoms. The lowest BCUT2D eigenvalue weighted by Gasteiger charge is -2.28. The molecule has 0 aliphatic carbocycles. The fraction of sp³-hybridized carbons (Fsp3) is 0.600. The third kappa shape index (κ3) is 4.17. The molecule has 2 amide bonds. The van der Waals surface area contributed by atoms with E-state index in [-0.39, 0.29) is 6.04 Å². The van der Waals surface area contributed by atoms with Crippen LogP contribution in [0.5, 0.6) is 0 Å². The Morgan fingerprint density at radius 1 is 1.54 bits per heavy atom. The van der Waals surface area contributed by atoms with Gasteiger partial charge in [-0.15, -0.1) is 4.28 Å². The number of piperidine rings is 1. The number of carbonyl (C=O) groups excluding carboxylic acids is 1. The SMILES string of the molecule is C=C(C)NCCCc1cc([C@@H]2CC[C@@H]3CN2C(=O)N3OS(=O)(=O)O)no1. The molecule has 1 aromatic rings. The summed E-state index contributed by atoms with van der Waals surface area (Å²) in [7, 11) is -4.74. The molecule has 2 bridgehead atoms. The van der Waals surface area contributed by atoms with E-state index in [4.69, 9.17) is 9.08 Å². The van der Waals surface area contributed by atoms with Crippen molar-refractivity contribution < 1.29 is 26.6 Å². The second-order valence-electron chi connectivity index (χ2n) is 6.54. The Morgan fingerprint density at radius 3 is 3.00 bits per heavy atom. The average molecular weight is 386 g/mol. The summed E-state index contributed by atoms with van der Waals surface area (Å²) < 4.78 is 40.5. The first-order valence-electron chi connectivity index (χ1n) is 8.36. The molecule has 2 saturated heterocycles. The van der Waals surface area contributed by atoms with Crippen LogP contribution >= 0.6 is 0 Å². The second-order valence-corrected chi connectivity index (χ2v) is 7.54. The Bertz CT molecular complexity index is 792. The van der Waals surface area contributed by atoms with Crippen molar-refractivity contribution in [2.45, 2.75) is 44.7 Å². The van der Waals surface area contributed by atoms with Gasteiger partial charge in [0.05, 0.1) is 12.1 Å². The van der Waals surface area contributed by atoms with E-state index < -0.39 is 22.5 Å². The lowest BCUT2D eigenvalue weighted by Crippen LogP contribution is -2.35.